The SMILES string of the molecule is CCCCCCOc1ccc(-n2cc(C(=O)OCC)cn2)cc1C#N. The van der Waals surface area contributed by atoms with E-state index < -0.39 is 5.97 Å². The number of nitriles is 1. The summed E-state index contributed by atoms with van der Waals surface area (Å²) < 4.78 is 12.2. The Balaban J connectivity index is 2.08. The number of carbonyl (C=O) groups excluding carboxylic acids is 1. The molecule has 0 amide bonds. The molecule has 0 unspecified atom stereocenters. The van der Waals surface area contributed by atoms with Crippen molar-refractivity contribution in [3.8, 4) is 17.5 Å². The largest absolute Gasteiger partial charge is 0.492 e. The molecule has 1 aromatic heterocycles. The zero-order chi connectivity index (χ0) is 18.1. The third-order valence-electron chi connectivity index (χ3n) is 3.70. The Hall–Kier alpha value is -2.81. The van der Waals surface area contributed by atoms with Crippen molar-refractivity contribution in [2.24, 2.45) is 0 Å². The fourth-order valence-electron chi connectivity index (χ4n) is 2.37. The van der Waals surface area contributed by atoms with Gasteiger partial charge in [0, 0.05) is 6.20 Å². The van der Waals surface area contributed by atoms with Gasteiger partial charge in [0.05, 0.1) is 36.2 Å². The lowest BCUT2D eigenvalue weighted by Crippen LogP contribution is -2.03. The van der Waals surface area contributed by atoms with Crippen molar-refractivity contribution in [3.63, 3.8) is 0 Å². The van der Waals surface area contributed by atoms with Crippen LogP contribution < -0.4 is 4.74 Å². The molecular weight excluding hydrogens is 318 g/mol. The van der Waals surface area contributed by atoms with E-state index in [2.05, 4.69) is 18.1 Å². The Morgan fingerprint density at radius 1 is 1.28 bits per heavy atom. The van der Waals surface area contributed by atoms with Crippen molar-refractivity contribution in [1.82, 2.24) is 9.78 Å². The number of hydrogen-bond acceptors (Lipinski definition) is 5. The van der Waals surface area contributed by atoms with E-state index in [0.29, 0.717) is 35.8 Å². The summed E-state index contributed by atoms with van der Waals surface area (Å²) in [6, 6.07) is 7.42. The molecule has 1 heterocycles. The Morgan fingerprint density at radius 2 is 2.12 bits per heavy atom. The Morgan fingerprint density at radius 3 is 2.84 bits per heavy atom. The van der Waals surface area contributed by atoms with E-state index in [1.54, 1.807) is 25.3 Å². The van der Waals surface area contributed by atoms with E-state index in [-0.39, 0.29) is 0 Å². The van der Waals surface area contributed by atoms with Gasteiger partial charge in [0.25, 0.3) is 0 Å². The number of carbonyl (C=O) groups is 1. The lowest BCUT2D eigenvalue weighted by molar-refractivity contribution is 0.0526. The van der Waals surface area contributed by atoms with Gasteiger partial charge in [0.2, 0.25) is 0 Å². The summed E-state index contributed by atoms with van der Waals surface area (Å²) in [6.45, 7) is 4.83. The maximum absolute atomic E-state index is 11.7. The molecule has 0 radical (unpaired) electrons. The molecule has 2 aromatic rings. The number of unbranched alkanes of at least 4 members (excludes halogenated alkanes) is 3. The standard InChI is InChI=1S/C19H23N3O3/c1-3-5-6-7-10-25-18-9-8-17(11-15(18)12-20)22-14-16(13-21-22)19(23)24-4-2/h8-9,11,13-14H,3-7,10H2,1-2H3. The minimum atomic E-state index is -0.415. The highest BCUT2D eigenvalue weighted by Crippen LogP contribution is 2.22. The molecule has 0 atom stereocenters. The van der Waals surface area contributed by atoms with Gasteiger partial charge in [-0.25, -0.2) is 9.48 Å². The minimum Gasteiger partial charge on any atom is -0.492 e. The molecule has 2 rings (SSSR count). The van der Waals surface area contributed by atoms with Crippen LogP contribution in [0.1, 0.15) is 55.5 Å². The fourth-order valence-corrected chi connectivity index (χ4v) is 2.37. The predicted octanol–water partition coefficient (Wildman–Crippen LogP) is 3.88. The molecule has 0 aliphatic heterocycles. The number of aromatic nitrogens is 2. The maximum atomic E-state index is 11.7. The third-order valence-corrected chi connectivity index (χ3v) is 3.70. The first-order valence-corrected chi connectivity index (χ1v) is 8.58. The van der Waals surface area contributed by atoms with Crippen LogP contribution in [-0.4, -0.2) is 29.0 Å². The molecule has 0 saturated carbocycles. The van der Waals surface area contributed by atoms with E-state index in [9.17, 15) is 10.1 Å². The van der Waals surface area contributed by atoms with Crippen LogP contribution in [0.5, 0.6) is 5.75 Å². The first-order valence-electron chi connectivity index (χ1n) is 8.58. The summed E-state index contributed by atoms with van der Waals surface area (Å²) in [5.74, 6) is 0.154. The highest BCUT2D eigenvalue weighted by molar-refractivity contribution is 5.88. The number of hydrogen-bond donors (Lipinski definition) is 0. The van der Waals surface area contributed by atoms with Gasteiger partial charge in [0.15, 0.2) is 0 Å². The molecule has 0 aliphatic rings. The molecule has 0 saturated heterocycles. The smallest absolute Gasteiger partial charge is 0.341 e. The van der Waals surface area contributed by atoms with Gasteiger partial charge in [-0.3, -0.25) is 0 Å². The number of benzene rings is 1. The van der Waals surface area contributed by atoms with E-state index >= 15 is 0 Å². The molecule has 1 aromatic carbocycles. The molecule has 0 N–H and O–H groups in total. The quantitative estimate of drug-likeness (QED) is 0.511. The monoisotopic (exact) mass is 341 g/mol. The number of nitrogens with zero attached hydrogens (tertiary/aromatic N) is 3. The maximum Gasteiger partial charge on any atom is 0.341 e. The van der Waals surface area contributed by atoms with Crippen molar-refractivity contribution in [3.05, 3.63) is 41.7 Å². The molecule has 0 fully saturated rings. The van der Waals surface area contributed by atoms with Crippen LogP contribution in [0, 0.1) is 11.3 Å². The normalized spacial score (nSPS) is 10.3. The van der Waals surface area contributed by atoms with Crippen LogP contribution in [0.15, 0.2) is 30.6 Å². The first-order chi connectivity index (χ1) is 12.2. The Labute approximate surface area is 148 Å². The fraction of sp³-hybridized carbons (Fsp3) is 0.421. The average molecular weight is 341 g/mol. The van der Waals surface area contributed by atoms with Gasteiger partial charge in [-0.1, -0.05) is 26.2 Å². The summed E-state index contributed by atoms with van der Waals surface area (Å²) in [4.78, 5) is 11.7. The lowest BCUT2D eigenvalue weighted by Gasteiger charge is -2.09. The zero-order valence-electron chi connectivity index (χ0n) is 14.7. The average Bonchev–Trinajstić information content (AvgIpc) is 3.12. The summed E-state index contributed by atoms with van der Waals surface area (Å²) >= 11 is 0. The second-order valence-corrected chi connectivity index (χ2v) is 5.60. The van der Waals surface area contributed by atoms with Gasteiger partial charge < -0.3 is 9.47 Å². The molecular formula is C19H23N3O3. The highest BCUT2D eigenvalue weighted by Gasteiger charge is 2.12. The van der Waals surface area contributed by atoms with Crippen molar-refractivity contribution < 1.29 is 14.3 Å². The summed E-state index contributed by atoms with van der Waals surface area (Å²) in [5, 5.41) is 13.5. The predicted molar refractivity (Wildman–Crippen MR) is 93.9 cm³/mol. The van der Waals surface area contributed by atoms with Gasteiger partial charge in [0.1, 0.15) is 11.8 Å². The second-order valence-electron chi connectivity index (χ2n) is 5.60. The van der Waals surface area contributed by atoms with Gasteiger partial charge in [-0.15, -0.1) is 0 Å². The van der Waals surface area contributed by atoms with Gasteiger partial charge in [-0.2, -0.15) is 10.4 Å². The topological polar surface area (TPSA) is 77.1 Å². The Bertz CT molecular complexity index is 747. The second kappa shape index (κ2) is 9.48. The molecule has 6 nitrogen and oxygen atoms in total. The van der Waals surface area contributed by atoms with Crippen LogP contribution in [-0.2, 0) is 4.74 Å². The van der Waals surface area contributed by atoms with Gasteiger partial charge >= 0.3 is 5.97 Å². The molecule has 6 heteroatoms. The summed E-state index contributed by atoms with van der Waals surface area (Å²) in [6.07, 6.45) is 7.50. The minimum absolute atomic E-state index is 0.312. The van der Waals surface area contributed by atoms with Crippen LogP contribution >= 0.6 is 0 Å². The van der Waals surface area contributed by atoms with E-state index in [0.717, 1.165) is 12.8 Å². The molecule has 132 valence electrons. The van der Waals surface area contributed by atoms with Crippen LogP contribution in [0.3, 0.4) is 0 Å². The van der Waals surface area contributed by atoms with Crippen LogP contribution in [0.25, 0.3) is 5.69 Å². The molecule has 0 aliphatic carbocycles. The van der Waals surface area contributed by atoms with E-state index in [1.807, 2.05) is 6.07 Å². The summed E-state index contributed by atoms with van der Waals surface area (Å²) in [7, 11) is 0. The van der Waals surface area contributed by atoms with Crippen LogP contribution in [0.2, 0.25) is 0 Å². The van der Waals surface area contributed by atoms with Crippen molar-refractivity contribution in [2.45, 2.75) is 39.5 Å². The van der Waals surface area contributed by atoms with Crippen molar-refractivity contribution in [2.75, 3.05) is 13.2 Å². The number of ether oxygens (including phenoxy) is 2. The number of rotatable bonds is 9. The number of esters is 1. The van der Waals surface area contributed by atoms with Crippen molar-refractivity contribution >= 4 is 5.97 Å². The molecule has 0 bridgehead atoms. The molecule has 0 spiro atoms. The van der Waals surface area contributed by atoms with Gasteiger partial charge in [-0.05, 0) is 31.5 Å². The Kier molecular flexibility index (Phi) is 7.02. The first kappa shape index (κ1) is 18.5. The summed E-state index contributed by atoms with van der Waals surface area (Å²) in [5.41, 5.74) is 1.50. The van der Waals surface area contributed by atoms with Crippen molar-refractivity contribution in [1.29, 1.82) is 5.26 Å². The highest BCUT2D eigenvalue weighted by atomic mass is 16.5. The third kappa shape index (κ3) is 5.08. The lowest BCUT2D eigenvalue weighted by atomic mass is 10.2. The molecule has 25 heavy (non-hydrogen) atoms. The van der Waals surface area contributed by atoms with Crippen LogP contribution in [0.4, 0.5) is 0 Å². The van der Waals surface area contributed by atoms with E-state index in [4.69, 9.17) is 9.47 Å². The van der Waals surface area contributed by atoms with E-state index in [1.165, 1.54) is 23.7 Å². The zero-order valence-corrected chi connectivity index (χ0v) is 14.7.